The standard InChI is InChI=1S/C14H30N2O2S/c1-4-10-16(19(17,18)11-5-2)14(12-15)8-6-13(3)7-9-14/h13H,4-12,15H2,1-3H3. The normalized spacial score (nSPS) is 28.8. The molecule has 0 amide bonds. The number of nitrogens with zero attached hydrogens (tertiary/aromatic N) is 1. The van der Waals surface area contributed by atoms with Gasteiger partial charge in [-0.25, -0.2) is 8.42 Å². The zero-order valence-corrected chi connectivity index (χ0v) is 13.5. The summed E-state index contributed by atoms with van der Waals surface area (Å²) in [5, 5.41) is 0. The first-order valence-corrected chi connectivity index (χ1v) is 9.23. The second kappa shape index (κ2) is 7.04. The van der Waals surface area contributed by atoms with Crippen molar-refractivity contribution in [3.63, 3.8) is 0 Å². The van der Waals surface area contributed by atoms with Crippen molar-refractivity contribution in [1.82, 2.24) is 4.31 Å². The van der Waals surface area contributed by atoms with Crippen molar-refractivity contribution in [2.75, 3.05) is 18.8 Å². The van der Waals surface area contributed by atoms with E-state index in [1.165, 1.54) is 0 Å². The van der Waals surface area contributed by atoms with Crippen LogP contribution in [0.1, 0.15) is 59.3 Å². The van der Waals surface area contributed by atoms with Gasteiger partial charge in [0.1, 0.15) is 0 Å². The van der Waals surface area contributed by atoms with Gasteiger partial charge < -0.3 is 5.73 Å². The number of hydrogen-bond acceptors (Lipinski definition) is 3. The molecule has 4 nitrogen and oxygen atoms in total. The first-order chi connectivity index (χ1) is 8.91. The van der Waals surface area contributed by atoms with Gasteiger partial charge in [-0.1, -0.05) is 20.8 Å². The van der Waals surface area contributed by atoms with E-state index < -0.39 is 10.0 Å². The second-order valence-electron chi connectivity index (χ2n) is 6.00. The highest BCUT2D eigenvalue weighted by atomic mass is 32.2. The van der Waals surface area contributed by atoms with Crippen LogP contribution in [0.5, 0.6) is 0 Å². The van der Waals surface area contributed by atoms with Gasteiger partial charge in [-0.05, 0) is 44.4 Å². The molecule has 0 aromatic heterocycles. The summed E-state index contributed by atoms with van der Waals surface area (Å²) in [4.78, 5) is 0. The summed E-state index contributed by atoms with van der Waals surface area (Å²) in [5.41, 5.74) is 5.68. The Morgan fingerprint density at radius 3 is 2.21 bits per heavy atom. The molecule has 0 aromatic rings. The molecule has 5 heteroatoms. The first kappa shape index (κ1) is 16.9. The lowest BCUT2D eigenvalue weighted by Gasteiger charge is -2.46. The number of hydrogen-bond donors (Lipinski definition) is 1. The molecule has 0 unspecified atom stereocenters. The Balaban J connectivity index is 3.01. The van der Waals surface area contributed by atoms with Gasteiger partial charge in [0.2, 0.25) is 10.0 Å². The van der Waals surface area contributed by atoms with Gasteiger partial charge in [-0.3, -0.25) is 0 Å². The second-order valence-corrected chi connectivity index (χ2v) is 8.01. The minimum Gasteiger partial charge on any atom is -0.329 e. The smallest absolute Gasteiger partial charge is 0.214 e. The van der Waals surface area contributed by atoms with Crippen molar-refractivity contribution in [1.29, 1.82) is 0 Å². The maximum Gasteiger partial charge on any atom is 0.214 e. The van der Waals surface area contributed by atoms with E-state index in [2.05, 4.69) is 6.92 Å². The molecule has 1 aliphatic rings. The van der Waals surface area contributed by atoms with E-state index >= 15 is 0 Å². The van der Waals surface area contributed by atoms with Gasteiger partial charge in [-0.2, -0.15) is 4.31 Å². The van der Waals surface area contributed by atoms with Crippen LogP contribution >= 0.6 is 0 Å². The molecular formula is C14H30N2O2S. The van der Waals surface area contributed by atoms with Crippen molar-refractivity contribution < 1.29 is 8.42 Å². The van der Waals surface area contributed by atoms with Gasteiger partial charge in [0.05, 0.1) is 5.75 Å². The minimum absolute atomic E-state index is 0.240. The molecule has 1 saturated carbocycles. The Hall–Kier alpha value is -0.130. The molecule has 0 saturated heterocycles. The van der Waals surface area contributed by atoms with Crippen LogP contribution in [-0.4, -0.2) is 37.1 Å². The van der Waals surface area contributed by atoms with E-state index in [0.29, 0.717) is 25.4 Å². The van der Waals surface area contributed by atoms with Crippen LogP contribution < -0.4 is 5.73 Å². The molecule has 0 spiro atoms. The molecular weight excluding hydrogens is 260 g/mol. The summed E-state index contributed by atoms with van der Waals surface area (Å²) in [5.74, 6) is 0.932. The predicted molar refractivity (Wildman–Crippen MR) is 80.5 cm³/mol. The third-order valence-electron chi connectivity index (χ3n) is 4.34. The highest BCUT2D eigenvalue weighted by molar-refractivity contribution is 7.89. The Morgan fingerprint density at radius 1 is 1.21 bits per heavy atom. The van der Waals surface area contributed by atoms with E-state index in [4.69, 9.17) is 5.73 Å². The molecule has 114 valence electrons. The molecule has 0 aromatic carbocycles. The zero-order valence-electron chi connectivity index (χ0n) is 12.7. The van der Waals surface area contributed by atoms with E-state index in [9.17, 15) is 8.42 Å². The summed E-state index contributed by atoms with van der Waals surface area (Å²) in [6, 6.07) is 0. The summed E-state index contributed by atoms with van der Waals surface area (Å²) in [6.45, 7) is 7.24. The molecule has 0 radical (unpaired) electrons. The van der Waals surface area contributed by atoms with Crippen LogP contribution in [0.15, 0.2) is 0 Å². The average Bonchev–Trinajstić information content (AvgIpc) is 2.37. The van der Waals surface area contributed by atoms with E-state index in [1.54, 1.807) is 4.31 Å². The monoisotopic (exact) mass is 290 g/mol. The maximum absolute atomic E-state index is 12.5. The molecule has 1 aliphatic carbocycles. The van der Waals surface area contributed by atoms with E-state index in [-0.39, 0.29) is 11.3 Å². The summed E-state index contributed by atoms with van der Waals surface area (Å²) >= 11 is 0. The van der Waals surface area contributed by atoms with Crippen molar-refractivity contribution in [3.05, 3.63) is 0 Å². The van der Waals surface area contributed by atoms with Gasteiger partial charge in [0, 0.05) is 18.6 Å². The lowest BCUT2D eigenvalue weighted by molar-refractivity contribution is 0.116. The lowest BCUT2D eigenvalue weighted by Crippen LogP contribution is -2.58. The quantitative estimate of drug-likeness (QED) is 0.783. The van der Waals surface area contributed by atoms with Gasteiger partial charge in [0.25, 0.3) is 0 Å². The van der Waals surface area contributed by atoms with Crippen LogP contribution in [0.4, 0.5) is 0 Å². The molecule has 19 heavy (non-hydrogen) atoms. The lowest BCUT2D eigenvalue weighted by atomic mass is 9.77. The number of rotatable bonds is 7. The van der Waals surface area contributed by atoms with Crippen molar-refractivity contribution >= 4 is 10.0 Å². The van der Waals surface area contributed by atoms with Crippen LogP contribution in [0, 0.1) is 5.92 Å². The van der Waals surface area contributed by atoms with Gasteiger partial charge in [0.15, 0.2) is 0 Å². The summed E-state index contributed by atoms with van der Waals surface area (Å²) in [7, 11) is -3.17. The van der Waals surface area contributed by atoms with Crippen LogP contribution in [0.3, 0.4) is 0 Å². The molecule has 2 N–H and O–H groups in total. The topological polar surface area (TPSA) is 63.4 Å². The van der Waals surface area contributed by atoms with Crippen LogP contribution in [0.25, 0.3) is 0 Å². The zero-order chi connectivity index (χ0) is 14.5. The molecule has 0 aliphatic heterocycles. The fraction of sp³-hybridized carbons (Fsp3) is 1.00. The average molecular weight is 290 g/mol. The molecule has 0 bridgehead atoms. The van der Waals surface area contributed by atoms with Crippen LogP contribution in [-0.2, 0) is 10.0 Å². The van der Waals surface area contributed by atoms with Crippen molar-refractivity contribution in [2.45, 2.75) is 64.8 Å². The fourth-order valence-corrected chi connectivity index (χ4v) is 5.14. The van der Waals surface area contributed by atoms with Crippen molar-refractivity contribution in [3.8, 4) is 0 Å². The fourth-order valence-electron chi connectivity index (χ4n) is 3.10. The number of sulfonamides is 1. The van der Waals surface area contributed by atoms with Gasteiger partial charge in [-0.15, -0.1) is 0 Å². The Morgan fingerprint density at radius 2 is 1.79 bits per heavy atom. The maximum atomic E-state index is 12.5. The third kappa shape index (κ3) is 3.92. The molecule has 1 rings (SSSR count). The van der Waals surface area contributed by atoms with Crippen LogP contribution in [0.2, 0.25) is 0 Å². The highest BCUT2D eigenvalue weighted by Crippen LogP contribution is 2.37. The Labute approximate surface area is 118 Å². The Bertz CT molecular complexity index is 360. The Kier molecular flexibility index (Phi) is 6.27. The molecule has 0 atom stereocenters. The third-order valence-corrected chi connectivity index (χ3v) is 6.50. The van der Waals surface area contributed by atoms with E-state index in [1.807, 2.05) is 13.8 Å². The minimum atomic E-state index is -3.17. The van der Waals surface area contributed by atoms with E-state index in [0.717, 1.165) is 32.1 Å². The first-order valence-electron chi connectivity index (χ1n) is 7.62. The largest absolute Gasteiger partial charge is 0.329 e. The SMILES string of the molecule is CCCN(C1(CN)CCC(C)CC1)S(=O)(=O)CCC. The van der Waals surface area contributed by atoms with Gasteiger partial charge >= 0.3 is 0 Å². The predicted octanol–water partition coefficient (Wildman–Crippen LogP) is 2.35. The highest BCUT2D eigenvalue weighted by Gasteiger charge is 2.43. The summed E-state index contributed by atoms with van der Waals surface area (Å²) < 4.78 is 26.8. The summed E-state index contributed by atoms with van der Waals surface area (Å²) in [6.07, 6.45) is 5.50. The van der Waals surface area contributed by atoms with Crippen molar-refractivity contribution in [2.24, 2.45) is 11.7 Å². The molecule has 0 heterocycles. The number of nitrogens with two attached hydrogens (primary N) is 1. The molecule has 1 fully saturated rings.